The van der Waals surface area contributed by atoms with Gasteiger partial charge in [-0.1, -0.05) is 42.2 Å². The van der Waals surface area contributed by atoms with Gasteiger partial charge in [-0.2, -0.15) is 8.78 Å². The average molecular weight is 454 g/mol. The van der Waals surface area contributed by atoms with Crippen molar-refractivity contribution in [1.82, 2.24) is 9.88 Å². The van der Waals surface area contributed by atoms with Crippen molar-refractivity contribution in [2.75, 3.05) is 13.6 Å². The van der Waals surface area contributed by atoms with Crippen LogP contribution >= 0.6 is 0 Å². The predicted molar refractivity (Wildman–Crippen MR) is 121 cm³/mol. The van der Waals surface area contributed by atoms with E-state index in [4.69, 9.17) is 10.5 Å². The first-order chi connectivity index (χ1) is 15.8. The van der Waals surface area contributed by atoms with Crippen molar-refractivity contribution < 1.29 is 23.1 Å². The second-order valence-corrected chi connectivity index (χ2v) is 7.00. The van der Waals surface area contributed by atoms with E-state index in [0.717, 1.165) is 18.0 Å². The summed E-state index contributed by atoms with van der Waals surface area (Å²) in [5.74, 6) is 4.54. The van der Waals surface area contributed by atoms with Crippen LogP contribution in [0.25, 0.3) is 0 Å². The van der Waals surface area contributed by atoms with Crippen LogP contribution in [0.1, 0.15) is 28.4 Å². The Labute approximate surface area is 191 Å². The SMILES string of the molecule is CC(=O)OC(Cc1ccccc1)CN(C)C(=O)c1cncc(C#CC(C=NC(F)F)=CN)c1. The van der Waals surface area contributed by atoms with E-state index in [2.05, 4.69) is 21.8 Å². The normalized spacial score (nSPS) is 12.2. The molecule has 0 radical (unpaired) electrons. The summed E-state index contributed by atoms with van der Waals surface area (Å²) in [6.45, 7) is -1.37. The van der Waals surface area contributed by atoms with E-state index in [-0.39, 0.29) is 23.6 Å². The van der Waals surface area contributed by atoms with Gasteiger partial charge >= 0.3 is 12.5 Å². The Hall–Kier alpha value is -4.06. The Morgan fingerprint density at radius 1 is 1.27 bits per heavy atom. The molecule has 1 heterocycles. The second-order valence-electron chi connectivity index (χ2n) is 7.00. The van der Waals surface area contributed by atoms with Crippen molar-refractivity contribution in [3.8, 4) is 11.8 Å². The van der Waals surface area contributed by atoms with Gasteiger partial charge in [0.15, 0.2) is 0 Å². The van der Waals surface area contributed by atoms with Gasteiger partial charge in [0, 0.05) is 50.8 Å². The fourth-order valence-electron chi connectivity index (χ4n) is 2.89. The molecule has 0 saturated heterocycles. The molecule has 1 aromatic heterocycles. The van der Waals surface area contributed by atoms with Crippen LogP contribution in [0, 0.1) is 11.8 Å². The number of hydrogen-bond donors (Lipinski definition) is 1. The van der Waals surface area contributed by atoms with E-state index in [1.165, 1.54) is 30.3 Å². The third kappa shape index (κ3) is 8.91. The molecule has 2 rings (SSSR count). The molecule has 33 heavy (non-hydrogen) atoms. The van der Waals surface area contributed by atoms with Crippen LogP contribution in [0.5, 0.6) is 0 Å². The van der Waals surface area contributed by atoms with Gasteiger partial charge in [-0.25, -0.2) is 4.99 Å². The molecule has 2 N–H and O–H groups in total. The molecule has 0 bridgehead atoms. The molecule has 0 aliphatic carbocycles. The van der Waals surface area contributed by atoms with E-state index < -0.39 is 18.6 Å². The highest BCUT2D eigenvalue weighted by Gasteiger charge is 2.20. The minimum atomic E-state index is -2.86. The van der Waals surface area contributed by atoms with E-state index in [1.54, 1.807) is 7.05 Å². The molecule has 2 aromatic rings. The van der Waals surface area contributed by atoms with Crippen molar-refractivity contribution in [3.05, 3.63) is 77.3 Å². The summed E-state index contributed by atoms with van der Waals surface area (Å²) in [7, 11) is 1.60. The molecular weight excluding hydrogens is 430 g/mol. The van der Waals surface area contributed by atoms with Crippen LogP contribution in [0.3, 0.4) is 0 Å². The zero-order chi connectivity index (χ0) is 24.2. The molecule has 1 atom stereocenters. The van der Waals surface area contributed by atoms with Crippen LogP contribution in [0.15, 0.2) is 65.6 Å². The summed E-state index contributed by atoms with van der Waals surface area (Å²) in [5, 5.41) is 0. The maximum absolute atomic E-state index is 12.9. The number of carbonyl (C=O) groups excluding carboxylic acids is 2. The van der Waals surface area contributed by atoms with Gasteiger partial charge in [0.2, 0.25) is 0 Å². The lowest BCUT2D eigenvalue weighted by Gasteiger charge is -2.24. The van der Waals surface area contributed by atoms with Crippen LogP contribution in [0.4, 0.5) is 8.78 Å². The molecule has 0 spiro atoms. The Kier molecular flexibility index (Phi) is 9.71. The number of benzene rings is 1. The number of hydrogen-bond acceptors (Lipinski definition) is 6. The largest absolute Gasteiger partial charge is 0.460 e. The minimum Gasteiger partial charge on any atom is -0.460 e. The lowest BCUT2D eigenvalue weighted by molar-refractivity contribution is -0.146. The fraction of sp³-hybridized carbons (Fsp3) is 0.250. The van der Waals surface area contributed by atoms with Gasteiger partial charge in [0.25, 0.3) is 5.91 Å². The Bertz CT molecular complexity index is 1080. The fourth-order valence-corrected chi connectivity index (χ4v) is 2.89. The lowest BCUT2D eigenvalue weighted by atomic mass is 10.1. The maximum atomic E-state index is 12.9. The number of aliphatic imine (C=N–C) groups is 1. The van der Waals surface area contributed by atoms with E-state index in [1.807, 2.05) is 30.3 Å². The lowest BCUT2D eigenvalue weighted by Crippen LogP contribution is -2.37. The van der Waals surface area contributed by atoms with Crippen molar-refractivity contribution >= 4 is 18.1 Å². The summed E-state index contributed by atoms with van der Waals surface area (Å²) in [4.78, 5) is 32.8. The smallest absolute Gasteiger partial charge is 0.331 e. The topological polar surface area (TPSA) is 97.9 Å². The van der Waals surface area contributed by atoms with Crippen molar-refractivity contribution in [2.24, 2.45) is 10.7 Å². The number of nitrogens with two attached hydrogens (primary N) is 1. The van der Waals surface area contributed by atoms with Gasteiger partial charge < -0.3 is 15.4 Å². The zero-order valence-corrected chi connectivity index (χ0v) is 18.2. The third-order valence-corrected chi connectivity index (χ3v) is 4.31. The van der Waals surface area contributed by atoms with Crippen LogP contribution < -0.4 is 5.73 Å². The van der Waals surface area contributed by atoms with Crippen molar-refractivity contribution in [3.63, 3.8) is 0 Å². The Morgan fingerprint density at radius 3 is 2.64 bits per heavy atom. The molecule has 0 fully saturated rings. The van der Waals surface area contributed by atoms with Gasteiger partial charge in [0.1, 0.15) is 6.10 Å². The molecular formula is C24H24F2N4O3. The first kappa shape index (κ1) is 25.2. The number of esters is 1. The highest BCUT2D eigenvalue weighted by molar-refractivity contribution is 5.94. The van der Waals surface area contributed by atoms with Crippen LogP contribution in [-0.4, -0.2) is 54.2 Å². The summed E-state index contributed by atoms with van der Waals surface area (Å²) < 4.78 is 29.8. The molecule has 0 saturated carbocycles. The molecule has 0 aliphatic heterocycles. The minimum absolute atomic E-state index is 0.0919. The van der Waals surface area contributed by atoms with E-state index in [0.29, 0.717) is 12.0 Å². The number of rotatable bonds is 8. The summed E-state index contributed by atoms with van der Waals surface area (Å²) in [6.07, 6.45) is 4.67. The maximum Gasteiger partial charge on any atom is 0.331 e. The molecule has 172 valence electrons. The van der Waals surface area contributed by atoms with Gasteiger partial charge in [-0.05, 0) is 11.6 Å². The van der Waals surface area contributed by atoms with Gasteiger partial charge in [0.05, 0.1) is 17.7 Å². The highest BCUT2D eigenvalue weighted by Crippen LogP contribution is 2.11. The number of amides is 1. The number of halogens is 2. The average Bonchev–Trinajstić information content (AvgIpc) is 2.79. The first-order valence-corrected chi connectivity index (χ1v) is 9.95. The number of ether oxygens (including phenoxy) is 1. The third-order valence-electron chi connectivity index (χ3n) is 4.31. The van der Waals surface area contributed by atoms with Crippen molar-refractivity contribution in [1.29, 1.82) is 0 Å². The number of likely N-dealkylation sites (N-methyl/N-ethyl adjacent to an activating group) is 1. The number of nitrogens with zero attached hydrogens (tertiary/aromatic N) is 3. The number of allylic oxidation sites excluding steroid dienone is 1. The zero-order valence-electron chi connectivity index (χ0n) is 18.2. The van der Waals surface area contributed by atoms with Gasteiger partial charge in [-0.15, -0.1) is 0 Å². The standard InChI is InChI=1S/C24H24F2N4O3/c1-17(31)33-22(11-18-6-4-3-5-7-18)16-30(2)23(32)21-10-19(13-28-15-21)8-9-20(12-27)14-29-24(25)26/h3-7,10,12-15,22,24H,11,16,27H2,1-2H3. The summed E-state index contributed by atoms with van der Waals surface area (Å²) in [6, 6.07) is 11.0. The summed E-state index contributed by atoms with van der Waals surface area (Å²) >= 11 is 0. The molecule has 7 nitrogen and oxygen atoms in total. The number of aromatic nitrogens is 1. The van der Waals surface area contributed by atoms with Crippen LogP contribution in [-0.2, 0) is 16.0 Å². The first-order valence-electron chi connectivity index (χ1n) is 9.95. The monoisotopic (exact) mass is 454 g/mol. The molecule has 1 amide bonds. The number of carbonyl (C=O) groups is 2. The molecule has 9 heteroatoms. The second kappa shape index (κ2) is 12.7. The number of alkyl halides is 2. The van der Waals surface area contributed by atoms with Crippen molar-refractivity contribution in [2.45, 2.75) is 26.0 Å². The predicted octanol–water partition coefficient (Wildman–Crippen LogP) is 2.82. The summed E-state index contributed by atoms with van der Waals surface area (Å²) in [5.41, 5.74) is 7.09. The molecule has 1 aromatic carbocycles. The highest BCUT2D eigenvalue weighted by atomic mass is 19.3. The van der Waals surface area contributed by atoms with E-state index >= 15 is 0 Å². The quantitative estimate of drug-likeness (QED) is 0.286. The number of pyridine rings is 1. The Balaban J connectivity index is 2.13. The Morgan fingerprint density at radius 2 is 2.00 bits per heavy atom. The molecule has 1 unspecified atom stereocenters. The van der Waals surface area contributed by atoms with E-state index in [9.17, 15) is 18.4 Å². The van der Waals surface area contributed by atoms with Crippen LogP contribution in [0.2, 0.25) is 0 Å². The molecule has 0 aliphatic rings. The van der Waals surface area contributed by atoms with Gasteiger partial charge in [-0.3, -0.25) is 14.6 Å².